The van der Waals surface area contributed by atoms with Crippen LogP contribution in [-0.4, -0.2) is 38.5 Å². The molecule has 9 heteroatoms. The van der Waals surface area contributed by atoms with E-state index in [-0.39, 0.29) is 23.8 Å². The van der Waals surface area contributed by atoms with Crippen LogP contribution in [0, 0.1) is 23.6 Å². The van der Waals surface area contributed by atoms with Gasteiger partial charge in [-0.15, -0.1) is 0 Å². The minimum Gasteiger partial charge on any atom is -0.375 e. The van der Waals surface area contributed by atoms with Crippen LogP contribution >= 0.6 is 0 Å². The van der Waals surface area contributed by atoms with E-state index in [0.29, 0.717) is 48.9 Å². The third-order valence-electron chi connectivity index (χ3n) is 8.92. The third-order valence-corrected chi connectivity index (χ3v) is 8.92. The zero-order chi connectivity index (χ0) is 25.3. The van der Waals surface area contributed by atoms with Gasteiger partial charge in [0.05, 0.1) is 41.7 Å². The van der Waals surface area contributed by atoms with Crippen molar-refractivity contribution in [2.24, 2.45) is 23.5 Å². The topological polar surface area (TPSA) is 114 Å². The Morgan fingerprint density at radius 1 is 1.27 bits per heavy atom. The largest absolute Gasteiger partial charge is 0.375 e. The molecule has 2 fully saturated rings. The van der Waals surface area contributed by atoms with Gasteiger partial charge in [-0.25, -0.2) is 4.39 Å². The number of aromatic amines is 1. The number of aromatic nitrogens is 4. The van der Waals surface area contributed by atoms with E-state index in [1.54, 1.807) is 6.07 Å². The van der Waals surface area contributed by atoms with Crippen molar-refractivity contribution in [3.63, 3.8) is 0 Å². The molecule has 3 aliphatic rings. The van der Waals surface area contributed by atoms with E-state index in [0.717, 1.165) is 27.4 Å². The summed E-state index contributed by atoms with van der Waals surface area (Å²) in [5.74, 6) is 1.76. The first-order valence-electron chi connectivity index (χ1n) is 13.4. The first-order valence-corrected chi connectivity index (χ1v) is 13.4. The summed E-state index contributed by atoms with van der Waals surface area (Å²) in [7, 11) is 0. The first kappa shape index (κ1) is 22.7. The maximum atomic E-state index is 15.4. The summed E-state index contributed by atoms with van der Waals surface area (Å²) in [5.41, 5.74) is 10.5. The van der Waals surface area contributed by atoms with E-state index in [4.69, 9.17) is 5.73 Å². The maximum Gasteiger partial charge on any atom is 0.221 e. The number of nitrogens with zero attached hydrogens (tertiary/aromatic N) is 3. The summed E-state index contributed by atoms with van der Waals surface area (Å²) in [6.07, 6.45) is 7.75. The predicted molar refractivity (Wildman–Crippen MR) is 140 cm³/mol. The molecule has 2 saturated carbocycles. The number of halogens is 1. The average molecular weight is 502 g/mol. The number of hydrogen-bond donors (Lipinski definition) is 4. The molecule has 5 N–H and O–H groups in total. The van der Waals surface area contributed by atoms with Gasteiger partial charge >= 0.3 is 0 Å². The maximum absolute atomic E-state index is 15.4. The number of H-pyrrole nitrogens is 1. The van der Waals surface area contributed by atoms with Crippen molar-refractivity contribution in [3.8, 4) is 0 Å². The SMILES string of the molecule is CC(N)CC(=O)NCCn1ncc2cc([C@@H]3Nc4c(F)cc5[nH]ncc5c4[C@H]4C5CCC(C5)[C@@H]34)ccc21. The number of benzene rings is 2. The molecule has 2 aromatic heterocycles. The molecule has 6 atom stereocenters. The van der Waals surface area contributed by atoms with E-state index < -0.39 is 0 Å². The number of hydrogen-bond acceptors (Lipinski definition) is 5. The van der Waals surface area contributed by atoms with Gasteiger partial charge in [0.25, 0.3) is 0 Å². The molecule has 0 spiro atoms. The Hall–Kier alpha value is -3.46. The lowest BCUT2D eigenvalue weighted by Crippen LogP contribution is -2.36. The minimum absolute atomic E-state index is 0.0438. The quantitative estimate of drug-likeness (QED) is 0.316. The number of nitrogens with two attached hydrogens (primary N) is 1. The number of amides is 1. The van der Waals surface area contributed by atoms with Crippen LogP contribution in [-0.2, 0) is 11.3 Å². The van der Waals surface area contributed by atoms with Crippen molar-refractivity contribution in [2.45, 2.75) is 57.2 Å². The Kier molecular flexibility index (Phi) is 5.25. The highest BCUT2D eigenvalue weighted by molar-refractivity contribution is 5.89. The smallest absolute Gasteiger partial charge is 0.221 e. The average Bonchev–Trinajstić information content (AvgIpc) is 3.67. The van der Waals surface area contributed by atoms with Crippen molar-refractivity contribution in [3.05, 3.63) is 53.6 Å². The normalized spacial score (nSPS) is 26.7. The number of fused-ring (bicyclic) bond motifs is 10. The van der Waals surface area contributed by atoms with Gasteiger partial charge in [-0.2, -0.15) is 10.2 Å². The van der Waals surface area contributed by atoms with Crippen LogP contribution in [0.1, 0.15) is 55.7 Å². The van der Waals surface area contributed by atoms with Crippen LogP contribution in [0.2, 0.25) is 0 Å². The highest BCUT2D eigenvalue weighted by Gasteiger charge is 2.54. The van der Waals surface area contributed by atoms with Gasteiger partial charge in [-0.05, 0) is 73.1 Å². The van der Waals surface area contributed by atoms with Gasteiger partial charge in [0.15, 0.2) is 0 Å². The molecule has 2 bridgehead atoms. The molecule has 3 heterocycles. The number of anilines is 1. The summed E-state index contributed by atoms with van der Waals surface area (Å²) in [6.45, 7) is 2.91. The van der Waals surface area contributed by atoms with Gasteiger partial charge < -0.3 is 16.4 Å². The molecule has 192 valence electrons. The van der Waals surface area contributed by atoms with Crippen molar-refractivity contribution in [1.82, 2.24) is 25.3 Å². The van der Waals surface area contributed by atoms with Crippen LogP contribution in [0.3, 0.4) is 0 Å². The molecule has 8 nitrogen and oxygen atoms in total. The molecule has 37 heavy (non-hydrogen) atoms. The molecule has 3 unspecified atom stereocenters. The van der Waals surface area contributed by atoms with Gasteiger partial charge in [0, 0.05) is 35.8 Å². The molecule has 7 rings (SSSR count). The molecule has 2 aromatic carbocycles. The van der Waals surface area contributed by atoms with Crippen LogP contribution in [0.4, 0.5) is 10.1 Å². The zero-order valence-corrected chi connectivity index (χ0v) is 20.9. The fourth-order valence-electron chi connectivity index (χ4n) is 7.52. The highest BCUT2D eigenvalue weighted by Crippen LogP contribution is 2.64. The van der Waals surface area contributed by atoms with E-state index in [2.05, 4.69) is 44.1 Å². The fourth-order valence-corrected chi connectivity index (χ4v) is 7.52. The van der Waals surface area contributed by atoms with Crippen LogP contribution in [0.15, 0.2) is 36.7 Å². The van der Waals surface area contributed by atoms with Crippen molar-refractivity contribution >= 4 is 33.4 Å². The van der Waals surface area contributed by atoms with Crippen LogP contribution in [0.5, 0.6) is 0 Å². The summed E-state index contributed by atoms with van der Waals surface area (Å²) in [5, 5.41) is 20.4. The summed E-state index contributed by atoms with van der Waals surface area (Å²) in [6, 6.07) is 7.94. The predicted octanol–water partition coefficient (Wildman–Crippen LogP) is 4.20. The van der Waals surface area contributed by atoms with E-state index in [1.165, 1.54) is 24.8 Å². The minimum atomic E-state index is -0.210. The lowest BCUT2D eigenvalue weighted by atomic mass is 9.67. The Bertz CT molecular complexity index is 1510. The van der Waals surface area contributed by atoms with Crippen molar-refractivity contribution < 1.29 is 9.18 Å². The van der Waals surface area contributed by atoms with Gasteiger partial charge in [0.1, 0.15) is 5.82 Å². The van der Waals surface area contributed by atoms with Crippen LogP contribution < -0.4 is 16.4 Å². The number of rotatable bonds is 6. The molecule has 4 aromatic rings. The lowest BCUT2D eigenvalue weighted by Gasteiger charge is -2.43. The summed E-state index contributed by atoms with van der Waals surface area (Å²) >= 11 is 0. The number of carbonyl (C=O) groups excluding carboxylic acids is 1. The van der Waals surface area contributed by atoms with Crippen LogP contribution in [0.25, 0.3) is 21.8 Å². The van der Waals surface area contributed by atoms with Crippen molar-refractivity contribution in [2.75, 3.05) is 11.9 Å². The Balaban J connectivity index is 1.20. The van der Waals surface area contributed by atoms with E-state index in [1.807, 2.05) is 24.0 Å². The fraction of sp³-hybridized carbons (Fsp3) is 0.464. The van der Waals surface area contributed by atoms with Gasteiger partial charge in [-0.1, -0.05) is 6.07 Å². The summed E-state index contributed by atoms with van der Waals surface area (Å²) in [4.78, 5) is 11.9. The van der Waals surface area contributed by atoms with Gasteiger partial charge in [0.2, 0.25) is 5.91 Å². The second-order valence-corrected chi connectivity index (χ2v) is 11.3. The van der Waals surface area contributed by atoms with E-state index in [9.17, 15) is 4.79 Å². The zero-order valence-electron chi connectivity index (χ0n) is 20.9. The standard InChI is InChI=1S/C28H32FN7O/c1-14(30)8-23(37)31-6-7-36-22-5-4-17(10-18(22)12-33-36)27-25-16-3-2-15(9-16)24(25)26-19-13-32-35-21(19)11-20(29)28(26)34-27/h4-5,10-16,24-25,27,34H,2-3,6-9,30H2,1H3,(H,31,37)(H,32,35)/t14?,15?,16?,24-,25+,27-/m0/s1. The second-order valence-electron chi connectivity index (χ2n) is 11.3. The second kappa shape index (κ2) is 8.55. The monoisotopic (exact) mass is 501 g/mol. The lowest BCUT2D eigenvalue weighted by molar-refractivity contribution is -0.121. The van der Waals surface area contributed by atoms with E-state index >= 15 is 4.39 Å². The Morgan fingerprint density at radius 2 is 2.14 bits per heavy atom. The Labute approximate surface area is 214 Å². The molecule has 2 aliphatic carbocycles. The van der Waals surface area contributed by atoms with Gasteiger partial charge in [-0.3, -0.25) is 14.6 Å². The molecular weight excluding hydrogens is 469 g/mol. The molecule has 1 aliphatic heterocycles. The highest BCUT2D eigenvalue weighted by atomic mass is 19.1. The summed E-state index contributed by atoms with van der Waals surface area (Å²) < 4.78 is 17.3. The number of nitrogens with one attached hydrogen (secondary N) is 3. The molecule has 0 radical (unpaired) electrons. The first-order chi connectivity index (χ1) is 18.0. The Morgan fingerprint density at radius 3 is 3.00 bits per heavy atom. The third kappa shape index (κ3) is 3.62. The molecular formula is C28H32FN7O. The van der Waals surface area contributed by atoms with Crippen molar-refractivity contribution in [1.29, 1.82) is 0 Å². The number of carbonyl (C=O) groups is 1. The molecule has 0 saturated heterocycles. The molecule has 1 amide bonds.